The van der Waals surface area contributed by atoms with Crippen LogP contribution in [0.4, 0.5) is 5.69 Å². The third-order valence-corrected chi connectivity index (χ3v) is 3.83. The Bertz CT molecular complexity index is 798. The number of hydrogen-bond donors (Lipinski definition) is 3. The van der Waals surface area contributed by atoms with Gasteiger partial charge in [-0.1, -0.05) is 44.2 Å². The monoisotopic (exact) mass is 354 g/mol. The van der Waals surface area contributed by atoms with Gasteiger partial charge in [-0.25, -0.2) is 4.79 Å². The molecule has 6 nitrogen and oxygen atoms in total. The predicted octanol–water partition coefficient (Wildman–Crippen LogP) is 2.84. The number of aromatic carboxylic acids is 1. The first-order valence-corrected chi connectivity index (χ1v) is 8.34. The van der Waals surface area contributed by atoms with Gasteiger partial charge in [0.1, 0.15) is 0 Å². The first-order chi connectivity index (χ1) is 12.4. The van der Waals surface area contributed by atoms with Gasteiger partial charge in [-0.3, -0.25) is 9.59 Å². The Labute approximate surface area is 152 Å². The van der Waals surface area contributed by atoms with Gasteiger partial charge in [0, 0.05) is 18.2 Å². The van der Waals surface area contributed by atoms with Crippen molar-refractivity contribution in [1.29, 1.82) is 0 Å². The first-order valence-electron chi connectivity index (χ1n) is 8.34. The maximum absolute atomic E-state index is 12.1. The number of carboxylic acid groups (broad SMARTS) is 1. The molecule has 136 valence electrons. The molecule has 0 saturated heterocycles. The number of benzene rings is 2. The lowest BCUT2D eigenvalue weighted by Crippen LogP contribution is -2.25. The largest absolute Gasteiger partial charge is 0.478 e. The summed E-state index contributed by atoms with van der Waals surface area (Å²) in [6.45, 7) is 3.97. The van der Waals surface area contributed by atoms with E-state index in [2.05, 4.69) is 10.6 Å². The molecule has 3 N–H and O–H groups in total. The van der Waals surface area contributed by atoms with Crippen LogP contribution >= 0.6 is 0 Å². The summed E-state index contributed by atoms with van der Waals surface area (Å²) in [7, 11) is 0. The number of nitrogens with one attached hydrogen (secondary N) is 2. The molecule has 2 rings (SSSR count). The maximum atomic E-state index is 12.1. The van der Waals surface area contributed by atoms with E-state index in [-0.39, 0.29) is 29.7 Å². The van der Waals surface area contributed by atoms with Crippen LogP contribution in [-0.4, -0.2) is 22.9 Å². The van der Waals surface area contributed by atoms with Crippen molar-refractivity contribution in [1.82, 2.24) is 5.32 Å². The average Bonchev–Trinajstić information content (AvgIpc) is 2.61. The lowest BCUT2D eigenvalue weighted by atomic mass is 10.0. The van der Waals surface area contributed by atoms with Gasteiger partial charge in [-0.15, -0.1) is 0 Å². The molecule has 0 unspecified atom stereocenters. The Morgan fingerprint density at radius 3 is 2.27 bits per heavy atom. The molecule has 2 aromatic rings. The van der Waals surface area contributed by atoms with Crippen LogP contribution < -0.4 is 10.6 Å². The Kier molecular flexibility index (Phi) is 6.49. The molecule has 2 amide bonds. The Morgan fingerprint density at radius 1 is 1.00 bits per heavy atom. The highest BCUT2D eigenvalue weighted by atomic mass is 16.4. The third-order valence-electron chi connectivity index (χ3n) is 3.83. The van der Waals surface area contributed by atoms with Crippen LogP contribution in [0.25, 0.3) is 0 Å². The second-order valence-corrected chi connectivity index (χ2v) is 6.26. The molecular formula is C20H22N2O4. The van der Waals surface area contributed by atoms with Crippen LogP contribution in [-0.2, 0) is 22.6 Å². The summed E-state index contributed by atoms with van der Waals surface area (Å²) in [6, 6.07) is 13.7. The summed E-state index contributed by atoms with van der Waals surface area (Å²) in [4.78, 5) is 34.9. The van der Waals surface area contributed by atoms with E-state index in [4.69, 9.17) is 5.11 Å². The van der Waals surface area contributed by atoms with E-state index in [1.807, 2.05) is 26.0 Å². The SMILES string of the molecule is CC(C)C(=O)Nc1ccc(CNC(=O)Cc2ccccc2C(=O)O)cc1. The van der Waals surface area contributed by atoms with Gasteiger partial charge >= 0.3 is 5.97 Å². The van der Waals surface area contributed by atoms with Crippen molar-refractivity contribution in [2.24, 2.45) is 5.92 Å². The molecular weight excluding hydrogens is 332 g/mol. The van der Waals surface area contributed by atoms with Gasteiger partial charge in [-0.05, 0) is 29.3 Å². The summed E-state index contributed by atoms with van der Waals surface area (Å²) in [5.74, 6) is -1.45. The number of carboxylic acids is 1. The number of anilines is 1. The number of carbonyl (C=O) groups excluding carboxylic acids is 2. The molecule has 0 fully saturated rings. The smallest absolute Gasteiger partial charge is 0.335 e. The molecule has 2 aromatic carbocycles. The summed E-state index contributed by atoms with van der Waals surface area (Å²) in [5.41, 5.74) is 2.19. The second kappa shape index (κ2) is 8.80. The van der Waals surface area contributed by atoms with Crippen molar-refractivity contribution in [2.45, 2.75) is 26.8 Å². The zero-order chi connectivity index (χ0) is 19.1. The second-order valence-electron chi connectivity index (χ2n) is 6.26. The molecule has 6 heteroatoms. The first kappa shape index (κ1) is 19.2. The quantitative estimate of drug-likeness (QED) is 0.712. The van der Waals surface area contributed by atoms with Gasteiger partial charge in [0.05, 0.1) is 12.0 Å². The zero-order valence-electron chi connectivity index (χ0n) is 14.8. The molecule has 0 aliphatic rings. The van der Waals surface area contributed by atoms with Crippen LogP contribution in [0.3, 0.4) is 0 Å². The Balaban J connectivity index is 1.90. The van der Waals surface area contributed by atoms with Crippen molar-refractivity contribution in [3.05, 3.63) is 65.2 Å². The Morgan fingerprint density at radius 2 is 1.65 bits per heavy atom. The normalized spacial score (nSPS) is 10.4. The molecule has 0 spiro atoms. The van der Waals surface area contributed by atoms with E-state index >= 15 is 0 Å². The van der Waals surface area contributed by atoms with Crippen LogP contribution in [0.1, 0.15) is 35.3 Å². The highest BCUT2D eigenvalue weighted by molar-refractivity contribution is 5.92. The van der Waals surface area contributed by atoms with Crippen molar-refractivity contribution in [3.8, 4) is 0 Å². The van der Waals surface area contributed by atoms with E-state index in [0.717, 1.165) is 5.56 Å². The standard InChI is InChI=1S/C20H22N2O4/c1-13(2)19(24)22-16-9-7-14(8-10-16)12-21-18(23)11-15-5-3-4-6-17(15)20(25)26/h3-10,13H,11-12H2,1-2H3,(H,21,23)(H,22,24)(H,25,26). The van der Waals surface area contributed by atoms with E-state index in [1.165, 1.54) is 6.07 Å². The minimum absolute atomic E-state index is 0.00496. The lowest BCUT2D eigenvalue weighted by molar-refractivity contribution is -0.120. The molecule has 0 aromatic heterocycles. The molecule has 0 aliphatic heterocycles. The summed E-state index contributed by atoms with van der Waals surface area (Å²) in [6.07, 6.45) is 0.00496. The van der Waals surface area contributed by atoms with Gasteiger partial charge in [-0.2, -0.15) is 0 Å². The average molecular weight is 354 g/mol. The van der Waals surface area contributed by atoms with Gasteiger partial charge in [0.25, 0.3) is 0 Å². The van der Waals surface area contributed by atoms with Crippen LogP contribution in [0.2, 0.25) is 0 Å². The molecule has 26 heavy (non-hydrogen) atoms. The van der Waals surface area contributed by atoms with E-state index < -0.39 is 5.97 Å². The van der Waals surface area contributed by atoms with Crippen LogP contribution in [0.5, 0.6) is 0 Å². The fraction of sp³-hybridized carbons (Fsp3) is 0.250. The summed E-state index contributed by atoms with van der Waals surface area (Å²) >= 11 is 0. The molecule has 0 bridgehead atoms. The van der Waals surface area contributed by atoms with Crippen molar-refractivity contribution >= 4 is 23.5 Å². The van der Waals surface area contributed by atoms with Crippen molar-refractivity contribution in [3.63, 3.8) is 0 Å². The molecule has 0 atom stereocenters. The van der Waals surface area contributed by atoms with Gasteiger partial charge in [0.15, 0.2) is 0 Å². The predicted molar refractivity (Wildman–Crippen MR) is 98.9 cm³/mol. The van der Waals surface area contributed by atoms with E-state index in [0.29, 0.717) is 17.8 Å². The maximum Gasteiger partial charge on any atom is 0.335 e. The number of amides is 2. The molecule has 0 saturated carbocycles. The van der Waals surface area contributed by atoms with E-state index in [1.54, 1.807) is 30.3 Å². The lowest BCUT2D eigenvalue weighted by Gasteiger charge is -2.10. The highest BCUT2D eigenvalue weighted by Crippen LogP contribution is 2.12. The van der Waals surface area contributed by atoms with Crippen molar-refractivity contribution in [2.75, 3.05) is 5.32 Å². The highest BCUT2D eigenvalue weighted by Gasteiger charge is 2.12. The number of rotatable bonds is 7. The number of hydrogen-bond acceptors (Lipinski definition) is 3. The fourth-order valence-electron chi connectivity index (χ4n) is 2.31. The van der Waals surface area contributed by atoms with Gasteiger partial charge < -0.3 is 15.7 Å². The summed E-state index contributed by atoms with van der Waals surface area (Å²) in [5, 5.41) is 14.7. The molecule has 0 heterocycles. The minimum atomic E-state index is -1.05. The van der Waals surface area contributed by atoms with Crippen LogP contribution in [0.15, 0.2) is 48.5 Å². The minimum Gasteiger partial charge on any atom is -0.478 e. The zero-order valence-corrected chi connectivity index (χ0v) is 14.8. The molecule has 0 radical (unpaired) electrons. The fourth-order valence-corrected chi connectivity index (χ4v) is 2.31. The van der Waals surface area contributed by atoms with E-state index in [9.17, 15) is 14.4 Å². The number of carbonyl (C=O) groups is 3. The van der Waals surface area contributed by atoms with Crippen molar-refractivity contribution < 1.29 is 19.5 Å². The topological polar surface area (TPSA) is 95.5 Å². The van der Waals surface area contributed by atoms with Gasteiger partial charge in [0.2, 0.25) is 11.8 Å². The Hall–Kier alpha value is -3.15. The third kappa shape index (κ3) is 5.44. The van der Waals surface area contributed by atoms with Crippen LogP contribution in [0, 0.1) is 5.92 Å². The molecule has 0 aliphatic carbocycles. The summed E-state index contributed by atoms with van der Waals surface area (Å²) < 4.78 is 0.